The molecule has 4 rings (SSSR count). The Morgan fingerprint density at radius 2 is 2.00 bits per heavy atom. The number of ether oxygens (including phenoxy) is 2. The molecule has 0 aliphatic heterocycles. The number of thiazole rings is 1. The molecule has 0 unspecified atom stereocenters. The Kier molecular flexibility index (Phi) is 5.85. The molecule has 1 heterocycles. The highest BCUT2D eigenvalue weighted by Crippen LogP contribution is 2.32. The number of carbonyl (C=O) groups is 1. The Labute approximate surface area is 178 Å². The van der Waals surface area contributed by atoms with Gasteiger partial charge in [0, 0.05) is 11.4 Å². The van der Waals surface area contributed by atoms with Crippen molar-refractivity contribution in [2.75, 3.05) is 7.11 Å². The van der Waals surface area contributed by atoms with Gasteiger partial charge < -0.3 is 9.47 Å². The molecule has 0 saturated heterocycles. The first kappa shape index (κ1) is 20.5. The van der Waals surface area contributed by atoms with Crippen LogP contribution >= 0.6 is 11.3 Å². The third-order valence-electron chi connectivity index (χ3n) is 4.52. The molecule has 1 fully saturated rings. The molecule has 0 bridgehead atoms. The molecule has 30 heavy (non-hydrogen) atoms. The first-order chi connectivity index (χ1) is 14.5. The van der Waals surface area contributed by atoms with Crippen molar-refractivity contribution in [2.45, 2.75) is 30.4 Å². The molecule has 1 aromatic heterocycles. The molecular weight excluding hydrogens is 424 g/mol. The molecule has 3 aromatic rings. The summed E-state index contributed by atoms with van der Waals surface area (Å²) in [4.78, 5) is 17.0. The van der Waals surface area contributed by atoms with E-state index in [0.717, 1.165) is 23.4 Å². The quantitative estimate of drug-likeness (QED) is 0.534. The predicted octanol–water partition coefficient (Wildman–Crippen LogP) is 3.62. The molecule has 0 atom stereocenters. The van der Waals surface area contributed by atoms with Crippen LogP contribution in [0.1, 0.15) is 28.9 Å². The van der Waals surface area contributed by atoms with E-state index < -0.39 is 16.0 Å². The summed E-state index contributed by atoms with van der Waals surface area (Å²) in [5.74, 6) is 0.110. The molecule has 9 heteroatoms. The van der Waals surface area contributed by atoms with Crippen LogP contribution in [0, 0.1) is 0 Å². The van der Waals surface area contributed by atoms with E-state index in [4.69, 9.17) is 9.47 Å². The second kappa shape index (κ2) is 8.55. The van der Waals surface area contributed by atoms with Crippen LogP contribution in [0.3, 0.4) is 0 Å². The Morgan fingerprint density at radius 3 is 2.77 bits per heavy atom. The monoisotopic (exact) mass is 444 g/mol. The van der Waals surface area contributed by atoms with Crippen molar-refractivity contribution >= 4 is 27.3 Å². The topological polar surface area (TPSA) is 94.6 Å². The number of nitrogens with zero attached hydrogens (tertiary/aromatic N) is 1. The number of methoxy groups -OCH3 is 1. The Bertz CT molecular complexity index is 1170. The SMILES string of the molecule is COc1ccccc1-c1nc(COC(=O)c2cccc(S(=O)(=O)NC3CC3)c2)cs1. The molecule has 0 spiro atoms. The minimum atomic E-state index is -3.63. The zero-order chi connectivity index (χ0) is 21.1. The number of nitrogens with one attached hydrogen (secondary N) is 1. The van der Waals surface area contributed by atoms with Gasteiger partial charge in [0.25, 0.3) is 0 Å². The van der Waals surface area contributed by atoms with E-state index in [1.165, 1.54) is 35.6 Å². The van der Waals surface area contributed by atoms with Crippen molar-refractivity contribution in [3.8, 4) is 16.3 Å². The number of hydrogen-bond donors (Lipinski definition) is 1. The van der Waals surface area contributed by atoms with Crippen LogP contribution in [-0.2, 0) is 21.4 Å². The third kappa shape index (κ3) is 4.69. The number of aromatic nitrogens is 1. The fraction of sp³-hybridized carbons (Fsp3) is 0.238. The zero-order valence-electron chi connectivity index (χ0n) is 16.2. The van der Waals surface area contributed by atoms with E-state index in [2.05, 4.69) is 9.71 Å². The summed E-state index contributed by atoms with van der Waals surface area (Å²) in [6, 6.07) is 13.4. The minimum absolute atomic E-state index is 0.00675. The van der Waals surface area contributed by atoms with Crippen LogP contribution in [0.15, 0.2) is 58.8 Å². The molecule has 156 valence electrons. The summed E-state index contributed by atoms with van der Waals surface area (Å²) in [6.45, 7) is -0.0121. The second-order valence-electron chi connectivity index (χ2n) is 6.84. The van der Waals surface area contributed by atoms with Gasteiger partial charge in [0.2, 0.25) is 10.0 Å². The van der Waals surface area contributed by atoms with Gasteiger partial charge in [-0.05, 0) is 43.2 Å². The highest BCUT2D eigenvalue weighted by atomic mass is 32.2. The molecule has 7 nitrogen and oxygen atoms in total. The van der Waals surface area contributed by atoms with Crippen molar-refractivity contribution in [3.05, 3.63) is 65.2 Å². The molecule has 1 aliphatic carbocycles. The normalized spacial score (nSPS) is 13.8. The fourth-order valence-electron chi connectivity index (χ4n) is 2.82. The maximum Gasteiger partial charge on any atom is 0.338 e. The van der Waals surface area contributed by atoms with Gasteiger partial charge in [-0.2, -0.15) is 0 Å². The van der Waals surface area contributed by atoms with Crippen LogP contribution < -0.4 is 9.46 Å². The van der Waals surface area contributed by atoms with Gasteiger partial charge in [-0.25, -0.2) is 22.9 Å². The van der Waals surface area contributed by atoms with E-state index in [9.17, 15) is 13.2 Å². The molecule has 1 N–H and O–H groups in total. The van der Waals surface area contributed by atoms with Crippen molar-refractivity contribution in [1.82, 2.24) is 9.71 Å². The van der Waals surface area contributed by atoms with Crippen LogP contribution in [0.2, 0.25) is 0 Å². The highest BCUT2D eigenvalue weighted by Gasteiger charge is 2.28. The van der Waals surface area contributed by atoms with E-state index in [1.54, 1.807) is 7.11 Å². The number of carbonyl (C=O) groups excluding carboxylic acids is 1. The molecule has 0 radical (unpaired) electrons. The number of sulfonamides is 1. The van der Waals surface area contributed by atoms with Crippen molar-refractivity contribution in [3.63, 3.8) is 0 Å². The third-order valence-corrected chi connectivity index (χ3v) is 6.96. The van der Waals surface area contributed by atoms with Gasteiger partial charge in [-0.15, -0.1) is 11.3 Å². The smallest absolute Gasteiger partial charge is 0.338 e. The standard InChI is InChI=1S/C21H20N2O5S2/c1-27-19-8-3-2-7-18(19)20-22-16(13-29-20)12-28-21(24)14-5-4-6-17(11-14)30(25,26)23-15-9-10-15/h2-8,11,13,15,23H,9-10,12H2,1H3. The van der Waals surface area contributed by atoms with Crippen molar-refractivity contribution in [2.24, 2.45) is 0 Å². The summed E-state index contributed by atoms with van der Waals surface area (Å²) < 4.78 is 38.0. The number of para-hydroxylation sites is 1. The van der Waals surface area contributed by atoms with Gasteiger partial charge in [0.1, 0.15) is 17.4 Å². The van der Waals surface area contributed by atoms with Gasteiger partial charge in [-0.1, -0.05) is 18.2 Å². The summed E-state index contributed by atoms with van der Waals surface area (Å²) in [5, 5.41) is 2.58. The molecular formula is C21H20N2O5S2. The molecule has 2 aromatic carbocycles. The molecule has 0 amide bonds. The predicted molar refractivity (Wildman–Crippen MR) is 113 cm³/mol. The minimum Gasteiger partial charge on any atom is -0.496 e. The zero-order valence-corrected chi connectivity index (χ0v) is 17.8. The molecule has 1 saturated carbocycles. The average Bonchev–Trinajstić information content (AvgIpc) is 3.44. The first-order valence-electron chi connectivity index (χ1n) is 9.33. The maximum absolute atomic E-state index is 12.4. The van der Waals surface area contributed by atoms with E-state index in [1.807, 2.05) is 29.6 Å². The first-order valence-corrected chi connectivity index (χ1v) is 11.7. The highest BCUT2D eigenvalue weighted by molar-refractivity contribution is 7.89. The number of rotatable bonds is 8. The van der Waals surface area contributed by atoms with Gasteiger partial charge >= 0.3 is 5.97 Å². The number of benzene rings is 2. The Hall–Kier alpha value is -2.75. The Balaban J connectivity index is 1.43. The summed E-state index contributed by atoms with van der Waals surface area (Å²) in [6.07, 6.45) is 1.68. The van der Waals surface area contributed by atoms with Gasteiger partial charge in [-0.3, -0.25) is 0 Å². The van der Waals surface area contributed by atoms with Gasteiger partial charge in [0.15, 0.2) is 0 Å². The fourth-order valence-corrected chi connectivity index (χ4v) is 5.00. The maximum atomic E-state index is 12.4. The van der Waals surface area contributed by atoms with Crippen LogP contribution in [-0.4, -0.2) is 32.5 Å². The van der Waals surface area contributed by atoms with Crippen LogP contribution in [0.5, 0.6) is 5.75 Å². The van der Waals surface area contributed by atoms with Gasteiger partial charge in [0.05, 0.1) is 28.8 Å². The largest absolute Gasteiger partial charge is 0.496 e. The van der Waals surface area contributed by atoms with Crippen LogP contribution in [0.4, 0.5) is 0 Å². The molecule has 1 aliphatic rings. The van der Waals surface area contributed by atoms with E-state index >= 15 is 0 Å². The second-order valence-corrected chi connectivity index (χ2v) is 9.42. The van der Waals surface area contributed by atoms with Crippen LogP contribution in [0.25, 0.3) is 10.6 Å². The van der Waals surface area contributed by atoms with E-state index in [-0.39, 0.29) is 23.1 Å². The van der Waals surface area contributed by atoms with E-state index in [0.29, 0.717) is 11.4 Å². The lowest BCUT2D eigenvalue weighted by molar-refractivity contribution is 0.0468. The lowest BCUT2D eigenvalue weighted by Gasteiger charge is -2.08. The average molecular weight is 445 g/mol. The number of esters is 1. The Morgan fingerprint density at radius 1 is 1.20 bits per heavy atom. The van der Waals surface area contributed by atoms with Crippen molar-refractivity contribution in [1.29, 1.82) is 0 Å². The lowest BCUT2D eigenvalue weighted by atomic mass is 10.2. The summed E-state index contributed by atoms with van der Waals surface area (Å²) in [7, 11) is -2.03. The lowest BCUT2D eigenvalue weighted by Crippen LogP contribution is -2.25. The summed E-state index contributed by atoms with van der Waals surface area (Å²) in [5.41, 5.74) is 1.64. The summed E-state index contributed by atoms with van der Waals surface area (Å²) >= 11 is 1.43. The van der Waals surface area contributed by atoms with Crippen molar-refractivity contribution < 1.29 is 22.7 Å². The number of hydrogen-bond acceptors (Lipinski definition) is 7.